The lowest BCUT2D eigenvalue weighted by Gasteiger charge is -2.52. The SMILES string of the molecule is C=C[C@H]1CN2CC[C@H]1C[C@H]2[C@@H](c1ccc2ccccc2c1)c1ccnc2ccc(O)cc12. The van der Waals surface area contributed by atoms with E-state index in [-0.39, 0.29) is 5.92 Å². The first kappa shape index (κ1) is 19.5. The molecule has 3 fully saturated rings. The standard InChI is InChI=1S/C29H28N2O/c1-2-19-18-31-14-12-22(19)16-28(31)29(23-8-7-20-5-3-4-6-21(20)15-23)25-11-13-30-27-10-9-24(32)17-26(25)27/h2-11,13,15,17,19,22,28-29,32H,1,12,14,16,18H2/t19-,22-,28-,29-/m0/s1. The van der Waals surface area contributed by atoms with Crippen molar-refractivity contribution < 1.29 is 5.11 Å². The third kappa shape index (κ3) is 3.20. The molecule has 3 saturated heterocycles. The van der Waals surface area contributed by atoms with Gasteiger partial charge in [0.2, 0.25) is 0 Å². The highest BCUT2D eigenvalue weighted by Crippen LogP contribution is 2.46. The van der Waals surface area contributed by atoms with Gasteiger partial charge >= 0.3 is 0 Å². The molecule has 32 heavy (non-hydrogen) atoms. The number of fused-ring (bicyclic) bond motifs is 5. The van der Waals surface area contributed by atoms with Gasteiger partial charge in [0.05, 0.1) is 5.52 Å². The Balaban J connectivity index is 1.54. The van der Waals surface area contributed by atoms with E-state index in [1.165, 1.54) is 34.7 Å². The fourth-order valence-electron chi connectivity index (χ4n) is 6.16. The van der Waals surface area contributed by atoms with Gasteiger partial charge < -0.3 is 5.11 Å². The van der Waals surface area contributed by atoms with Crippen LogP contribution in [0.3, 0.4) is 0 Å². The molecule has 0 spiro atoms. The number of aromatic nitrogens is 1. The number of hydrogen-bond donors (Lipinski definition) is 1. The van der Waals surface area contributed by atoms with Gasteiger partial charge in [0.1, 0.15) is 5.75 Å². The summed E-state index contributed by atoms with van der Waals surface area (Å²) in [5, 5.41) is 13.9. The molecule has 1 N–H and O–H groups in total. The molecule has 3 aliphatic rings. The Morgan fingerprint density at radius 2 is 1.91 bits per heavy atom. The number of nitrogens with zero attached hydrogens (tertiary/aromatic N) is 2. The van der Waals surface area contributed by atoms with Gasteiger partial charge in [-0.05, 0) is 77.4 Å². The quantitative estimate of drug-likeness (QED) is 0.404. The van der Waals surface area contributed by atoms with Gasteiger partial charge in [-0.3, -0.25) is 9.88 Å². The normalized spacial score (nSPS) is 25.8. The zero-order valence-electron chi connectivity index (χ0n) is 18.2. The Kier molecular flexibility index (Phi) is 4.73. The third-order valence-electron chi connectivity index (χ3n) is 7.77. The van der Waals surface area contributed by atoms with E-state index in [2.05, 4.69) is 71.1 Å². The van der Waals surface area contributed by atoms with Crippen LogP contribution in [0.25, 0.3) is 21.7 Å². The minimum atomic E-state index is 0.223. The number of phenols is 1. The molecule has 2 bridgehead atoms. The summed E-state index contributed by atoms with van der Waals surface area (Å²) in [6.07, 6.45) is 6.52. The van der Waals surface area contributed by atoms with Crippen molar-refractivity contribution in [1.29, 1.82) is 0 Å². The minimum absolute atomic E-state index is 0.223. The van der Waals surface area contributed by atoms with E-state index in [0.717, 1.165) is 24.0 Å². The summed E-state index contributed by atoms with van der Waals surface area (Å²) in [5.41, 5.74) is 3.53. The van der Waals surface area contributed by atoms with E-state index in [4.69, 9.17) is 0 Å². The predicted molar refractivity (Wildman–Crippen MR) is 131 cm³/mol. The highest BCUT2D eigenvalue weighted by atomic mass is 16.3. The van der Waals surface area contributed by atoms with Crippen LogP contribution >= 0.6 is 0 Å². The summed E-state index contributed by atoms with van der Waals surface area (Å²) in [5.74, 6) is 1.81. The number of hydrogen-bond acceptors (Lipinski definition) is 3. The van der Waals surface area contributed by atoms with Crippen molar-refractivity contribution >= 4 is 21.7 Å². The molecular formula is C29H28N2O. The molecule has 0 saturated carbocycles. The Labute approximate surface area is 189 Å². The van der Waals surface area contributed by atoms with Crippen molar-refractivity contribution in [2.75, 3.05) is 13.1 Å². The number of aromatic hydroxyl groups is 1. The fourth-order valence-corrected chi connectivity index (χ4v) is 6.16. The Bertz CT molecular complexity index is 1310. The fraction of sp³-hybridized carbons (Fsp3) is 0.276. The molecule has 0 amide bonds. The van der Waals surface area contributed by atoms with Gasteiger partial charge in [0.15, 0.2) is 0 Å². The second-order valence-electron chi connectivity index (χ2n) is 9.43. The van der Waals surface area contributed by atoms with Crippen molar-refractivity contribution in [3.05, 3.63) is 96.7 Å². The second kappa shape index (κ2) is 7.75. The molecule has 5 atom stereocenters. The molecule has 3 heteroatoms. The van der Waals surface area contributed by atoms with E-state index in [9.17, 15) is 5.11 Å². The zero-order chi connectivity index (χ0) is 21.7. The number of piperidine rings is 3. The monoisotopic (exact) mass is 420 g/mol. The molecule has 4 heterocycles. The van der Waals surface area contributed by atoms with Crippen LogP contribution < -0.4 is 0 Å². The summed E-state index contributed by atoms with van der Waals surface area (Å²) in [6.45, 7) is 6.36. The summed E-state index contributed by atoms with van der Waals surface area (Å²) in [4.78, 5) is 7.27. The van der Waals surface area contributed by atoms with Gasteiger partial charge in [-0.2, -0.15) is 0 Å². The Morgan fingerprint density at radius 3 is 2.72 bits per heavy atom. The molecule has 3 aromatic carbocycles. The lowest BCUT2D eigenvalue weighted by atomic mass is 9.69. The summed E-state index contributed by atoms with van der Waals surface area (Å²) in [6, 6.07) is 23.6. The maximum Gasteiger partial charge on any atom is 0.116 e. The molecule has 1 unspecified atom stereocenters. The number of phenolic OH excluding ortho intramolecular Hbond substituents is 1. The average Bonchev–Trinajstić information content (AvgIpc) is 2.85. The van der Waals surface area contributed by atoms with Crippen molar-refractivity contribution in [2.24, 2.45) is 11.8 Å². The molecule has 1 aromatic heterocycles. The number of benzene rings is 3. The Morgan fingerprint density at radius 1 is 1.03 bits per heavy atom. The van der Waals surface area contributed by atoms with Crippen molar-refractivity contribution in [1.82, 2.24) is 9.88 Å². The van der Waals surface area contributed by atoms with Crippen LogP contribution in [0.15, 0.2) is 85.6 Å². The van der Waals surface area contributed by atoms with E-state index >= 15 is 0 Å². The molecule has 0 aliphatic carbocycles. The van der Waals surface area contributed by atoms with Crippen molar-refractivity contribution in [3.8, 4) is 5.75 Å². The number of pyridine rings is 1. The minimum Gasteiger partial charge on any atom is -0.508 e. The first-order chi connectivity index (χ1) is 15.7. The van der Waals surface area contributed by atoms with E-state index in [1.54, 1.807) is 6.07 Å². The topological polar surface area (TPSA) is 36.4 Å². The van der Waals surface area contributed by atoms with Crippen LogP contribution in [0, 0.1) is 11.8 Å². The van der Waals surface area contributed by atoms with Crippen LogP contribution in [-0.2, 0) is 0 Å². The van der Waals surface area contributed by atoms with Crippen LogP contribution in [0.1, 0.15) is 29.9 Å². The van der Waals surface area contributed by atoms with Crippen LogP contribution in [0.5, 0.6) is 5.75 Å². The van der Waals surface area contributed by atoms with Gasteiger partial charge in [0, 0.05) is 30.1 Å². The van der Waals surface area contributed by atoms with E-state index in [1.807, 2.05) is 18.3 Å². The second-order valence-corrected chi connectivity index (χ2v) is 9.43. The Hall–Kier alpha value is -3.17. The van der Waals surface area contributed by atoms with Crippen molar-refractivity contribution in [3.63, 3.8) is 0 Å². The molecule has 7 rings (SSSR count). The van der Waals surface area contributed by atoms with Gasteiger partial charge in [-0.15, -0.1) is 6.58 Å². The lowest BCUT2D eigenvalue weighted by molar-refractivity contribution is 0.0122. The van der Waals surface area contributed by atoms with Crippen LogP contribution in [0.2, 0.25) is 0 Å². The molecule has 0 radical (unpaired) electrons. The van der Waals surface area contributed by atoms with Gasteiger partial charge in [-0.25, -0.2) is 0 Å². The highest BCUT2D eigenvalue weighted by Gasteiger charge is 2.43. The van der Waals surface area contributed by atoms with Crippen LogP contribution in [-0.4, -0.2) is 34.1 Å². The third-order valence-corrected chi connectivity index (χ3v) is 7.77. The molecule has 3 nitrogen and oxygen atoms in total. The summed E-state index contributed by atoms with van der Waals surface area (Å²) in [7, 11) is 0. The van der Waals surface area contributed by atoms with Gasteiger partial charge in [-0.1, -0.05) is 48.5 Å². The largest absolute Gasteiger partial charge is 0.508 e. The zero-order valence-corrected chi connectivity index (χ0v) is 18.2. The first-order valence-corrected chi connectivity index (χ1v) is 11.6. The average molecular weight is 421 g/mol. The molecular weight excluding hydrogens is 392 g/mol. The summed E-state index contributed by atoms with van der Waals surface area (Å²) >= 11 is 0. The molecule has 3 aliphatic heterocycles. The maximum atomic E-state index is 10.3. The lowest BCUT2D eigenvalue weighted by Crippen LogP contribution is -2.55. The highest BCUT2D eigenvalue weighted by molar-refractivity contribution is 5.86. The first-order valence-electron chi connectivity index (χ1n) is 11.6. The smallest absolute Gasteiger partial charge is 0.116 e. The van der Waals surface area contributed by atoms with Crippen molar-refractivity contribution in [2.45, 2.75) is 24.8 Å². The van der Waals surface area contributed by atoms with E-state index < -0.39 is 0 Å². The number of rotatable bonds is 4. The predicted octanol–water partition coefficient (Wildman–Crippen LogP) is 6.12. The molecule has 4 aromatic rings. The van der Waals surface area contributed by atoms with Gasteiger partial charge in [0.25, 0.3) is 0 Å². The van der Waals surface area contributed by atoms with E-state index in [0.29, 0.717) is 23.6 Å². The maximum absolute atomic E-state index is 10.3. The summed E-state index contributed by atoms with van der Waals surface area (Å²) < 4.78 is 0. The van der Waals surface area contributed by atoms with Crippen LogP contribution in [0.4, 0.5) is 0 Å². The molecule has 160 valence electrons.